The first-order chi connectivity index (χ1) is 11.4. The Balaban J connectivity index is 2.01. The van der Waals surface area contributed by atoms with Gasteiger partial charge in [-0.05, 0) is 29.8 Å². The fourth-order valence-electron chi connectivity index (χ4n) is 2.56. The summed E-state index contributed by atoms with van der Waals surface area (Å²) in [7, 11) is -4.01. The van der Waals surface area contributed by atoms with Gasteiger partial charge in [-0.15, -0.1) is 0 Å². The second-order valence-corrected chi connectivity index (χ2v) is 7.30. The van der Waals surface area contributed by atoms with Gasteiger partial charge in [-0.1, -0.05) is 29.8 Å². The number of carboxylic acid groups (broad SMARTS) is 1. The second kappa shape index (κ2) is 6.26. The summed E-state index contributed by atoms with van der Waals surface area (Å²) in [4.78, 5) is 15.5. The van der Waals surface area contributed by atoms with E-state index in [2.05, 4.69) is 4.98 Å². The van der Waals surface area contributed by atoms with E-state index in [0.717, 1.165) is 9.71 Å². The number of carboxylic acids is 1. The molecule has 124 valence electrons. The summed E-state index contributed by atoms with van der Waals surface area (Å²) in [6.45, 7) is 0. The Morgan fingerprint density at radius 3 is 2.75 bits per heavy atom. The number of sulfonamides is 1. The van der Waals surface area contributed by atoms with Crippen LogP contribution in [0.3, 0.4) is 0 Å². The van der Waals surface area contributed by atoms with Crippen LogP contribution in [0.4, 0.5) is 5.69 Å². The van der Waals surface area contributed by atoms with Gasteiger partial charge in [0.25, 0.3) is 10.0 Å². The molecule has 0 saturated heterocycles. The molecule has 0 aliphatic carbocycles. The molecule has 2 heterocycles. The van der Waals surface area contributed by atoms with Crippen LogP contribution in [0, 0.1) is 0 Å². The van der Waals surface area contributed by atoms with E-state index < -0.39 is 22.0 Å². The van der Waals surface area contributed by atoms with E-state index in [4.69, 9.17) is 11.6 Å². The Labute approximate surface area is 144 Å². The topological polar surface area (TPSA) is 87.6 Å². The Morgan fingerprint density at radius 2 is 2.04 bits per heavy atom. The first-order valence-corrected chi connectivity index (χ1v) is 8.92. The average molecular weight is 365 g/mol. The van der Waals surface area contributed by atoms with E-state index in [-0.39, 0.29) is 12.1 Å². The number of hydrogen-bond acceptors (Lipinski definition) is 4. The summed E-state index contributed by atoms with van der Waals surface area (Å²) in [6.07, 6.45) is 2.89. The van der Waals surface area contributed by atoms with Crippen molar-refractivity contribution in [3.05, 3.63) is 64.3 Å². The lowest BCUT2D eigenvalue weighted by molar-refractivity contribution is -0.138. The van der Waals surface area contributed by atoms with Gasteiger partial charge in [0.05, 0.1) is 16.8 Å². The summed E-state index contributed by atoms with van der Waals surface area (Å²) in [6, 6.07) is 8.68. The Hall–Kier alpha value is -2.38. The minimum Gasteiger partial charge on any atom is -0.480 e. The van der Waals surface area contributed by atoms with Crippen molar-refractivity contribution >= 4 is 39.4 Å². The minimum atomic E-state index is -4.01. The molecule has 0 saturated carbocycles. The molecule has 8 heteroatoms. The van der Waals surface area contributed by atoms with Crippen LogP contribution in [-0.4, -0.2) is 30.5 Å². The highest BCUT2D eigenvalue weighted by molar-refractivity contribution is 7.95. The maximum atomic E-state index is 12.7. The molecular formula is C16H13ClN2O4S. The molecule has 0 bridgehead atoms. The molecule has 1 N–H and O–H groups in total. The Kier molecular flexibility index (Phi) is 4.29. The lowest BCUT2D eigenvalue weighted by Crippen LogP contribution is -2.41. The molecule has 1 atom stereocenters. The van der Waals surface area contributed by atoms with E-state index in [1.807, 2.05) is 0 Å². The number of aliphatic carboxylic acids is 1. The number of carbonyl (C=O) groups is 1. The van der Waals surface area contributed by atoms with Crippen molar-refractivity contribution < 1.29 is 18.3 Å². The van der Waals surface area contributed by atoms with Crippen molar-refractivity contribution in [2.45, 2.75) is 12.5 Å². The summed E-state index contributed by atoms with van der Waals surface area (Å²) in [5, 5.41) is 10.7. The second-order valence-electron chi connectivity index (χ2n) is 5.19. The van der Waals surface area contributed by atoms with E-state index in [1.165, 1.54) is 12.3 Å². The van der Waals surface area contributed by atoms with Gasteiger partial charge in [-0.3, -0.25) is 9.29 Å². The lowest BCUT2D eigenvalue weighted by atomic mass is 10.2. The summed E-state index contributed by atoms with van der Waals surface area (Å²) in [5.74, 6) is -1.22. The summed E-state index contributed by atoms with van der Waals surface area (Å²) >= 11 is 6.01. The van der Waals surface area contributed by atoms with Crippen molar-refractivity contribution in [3.63, 3.8) is 0 Å². The van der Waals surface area contributed by atoms with Gasteiger partial charge in [-0.25, -0.2) is 13.2 Å². The van der Waals surface area contributed by atoms with Crippen LogP contribution in [0.15, 0.2) is 48.0 Å². The van der Waals surface area contributed by atoms with Crippen LogP contribution >= 0.6 is 11.6 Å². The average Bonchev–Trinajstić information content (AvgIpc) is 2.95. The highest BCUT2D eigenvalue weighted by Crippen LogP contribution is 2.34. The molecule has 24 heavy (non-hydrogen) atoms. The van der Waals surface area contributed by atoms with Crippen LogP contribution < -0.4 is 4.31 Å². The number of fused-ring (bicyclic) bond motifs is 1. The number of nitrogens with zero attached hydrogens (tertiary/aromatic N) is 2. The standard InChI is InChI=1S/C16H13ClN2O4S/c17-12-5-2-1-4-11(12)7-9-24(22,23)19-14-6-3-8-18-13(14)10-15(19)16(20)21/h1-9,15H,10H2,(H,20,21)/b9-7+. The molecule has 1 unspecified atom stereocenters. The molecule has 1 aromatic heterocycles. The van der Waals surface area contributed by atoms with Crippen molar-refractivity contribution in [1.82, 2.24) is 4.98 Å². The van der Waals surface area contributed by atoms with Gasteiger partial charge in [-0.2, -0.15) is 0 Å². The summed E-state index contributed by atoms with van der Waals surface area (Å²) < 4.78 is 26.3. The lowest BCUT2D eigenvalue weighted by Gasteiger charge is -2.22. The molecule has 1 aliphatic rings. The third kappa shape index (κ3) is 3.00. The number of hydrogen-bond donors (Lipinski definition) is 1. The van der Waals surface area contributed by atoms with Gasteiger partial charge in [0.2, 0.25) is 0 Å². The summed E-state index contributed by atoms with van der Waals surface area (Å²) in [5.41, 5.74) is 1.26. The number of benzene rings is 1. The van der Waals surface area contributed by atoms with E-state index in [9.17, 15) is 18.3 Å². The van der Waals surface area contributed by atoms with Crippen LogP contribution in [-0.2, 0) is 21.2 Å². The molecule has 3 rings (SSSR count). The third-order valence-electron chi connectivity index (χ3n) is 3.66. The molecule has 6 nitrogen and oxygen atoms in total. The molecule has 0 radical (unpaired) electrons. The third-order valence-corrected chi connectivity index (χ3v) is 5.48. The fraction of sp³-hybridized carbons (Fsp3) is 0.125. The van der Waals surface area contributed by atoms with Gasteiger partial charge in [0.1, 0.15) is 6.04 Å². The molecular weight excluding hydrogens is 352 g/mol. The van der Waals surface area contributed by atoms with Gasteiger partial charge in [0.15, 0.2) is 0 Å². The number of rotatable bonds is 4. The zero-order valence-electron chi connectivity index (χ0n) is 12.3. The molecule has 0 fully saturated rings. The van der Waals surface area contributed by atoms with Crippen molar-refractivity contribution in [1.29, 1.82) is 0 Å². The normalized spacial score (nSPS) is 17.2. The maximum absolute atomic E-state index is 12.7. The Bertz CT molecular complexity index is 927. The van der Waals surface area contributed by atoms with E-state index in [1.54, 1.807) is 36.4 Å². The quantitative estimate of drug-likeness (QED) is 0.900. The monoisotopic (exact) mass is 364 g/mol. The van der Waals surface area contributed by atoms with Crippen LogP contribution in [0.2, 0.25) is 5.02 Å². The minimum absolute atomic E-state index is 0.0324. The van der Waals surface area contributed by atoms with E-state index in [0.29, 0.717) is 16.3 Å². The molecule has 1 aromatic carbocycles. The van der Waals surface area contributed by atoms with Gasteiger partial charge in [0, 0.05) is 17.6 Å². The van der Waals surface area contributed by atoms with Crippen molar-refractivity contribution in [2.75, 3.05) is 4.31 Å². The fourth-order valence-corrected chi connectivity index (χ4v) is 4.17. The number of aromatic nitrogens is 1. The van der Waals surface area contributed by atoms with Gasteiger partial charge >= 0.3 is 5.97 Å². The van der Waals surface area contributed by atoms with Gasteiger partial charge < -0.3 is 5.11 Å². The van der Waals surface area contributed by atoms with Crippen LogP contribution in [0.25, 0.3) is 6.08 Å². The highest BCUT2D eigenvalue weighted by Gasteiger charge is 2.41. The molecule has 1 aliphatic heterocycles. The van der Waals surface area contributed by atoms with Crippen molar-refractivity contribution in [3.8, 4) is 0 Å². The first kappa shape index (κ1) is 16.5. The predicted octanol–water partition coefficient (Wildman–Crippen LogP) is 2.55. The maximum Gasteiger partial charge on any atom is 0.327 e. The van der Waals surface area contributed by atoms with Crippen molar-refractivity contribution in [2.24, 2.45) is 0 Å². The molecule has 0 amide bonds. The van der Waals surface area contributed by atoms with E-state index >= 15 is 0 Å². The Morgan fingerprint density at radius 1 is 1.29 bits per heavy atom. The van der Waals surface area contributed by atoms with Crippen LogP contribution in [0.1, 0.15) is 11.3 Å². The van der Waals surface area contributed by atoms with Crippen LogP contribution in [0.5, 0.6) is 0 Å². The molecule has 2 aromatic rings. The SMILES string of the molecule is O=C(O)C1Cc2ncccc2N1S(=O)(=O)/C=C/c1ccccc1Cl. The molecule has 0 spiro atoms. The zero-order valence-corrected chi connectivity index (χ0v) is 13.9. The largest absolute Gasteiger partial charge is 0.480 e. The first-order valence-electron chi connectivity index (χ1n) is 7.04. The predicted molar refractivity (Wildman–Crippen MR) is 91.2 cm³/mol. The number of halogens is 1. The smallest absolute Gasteiger partial charge is 0.327 e. The zero-order chi connectivity index (χ0) is 17.3. The highest BCUT2D eigenvalue weighted by atomic mass is 35.5. The number of pyridine rings is 1. The number of anilines is 1.